The van der Waals surface area contributed by atoms with E-state index >= 15 is 0 Å². The third-order valence-electron chi connectivity index (χ3n) is 4.24. The molecule has 3 heterocycles. The van der Waals surface area contributed by atoms with E-state index in [4.69, 9.17) is 0 Å². The summed E-state index contributed by atoms with van der Waals surface area (Å²) in [5.41, 5.74) is 1.35. The number of hydrogen-bond acceptors (Lipinski definition) is 4. The van der Waals surface area contributed by atoms with Gasteiger partial charge in [0.2, 0.25) is 5.91 Å². The van der Waals surface area contributed by atoms with E-state index in [-0.39, 0.29) is 11.8 Å². The van der Waals surface area contributed by atoms with Gasteiger partial charge in [0.25, 0.3) is 5.91 Å². The fourth-order valence-corrected chi connectivity index (χ4v) is 3.43. The van der Waals surface area contributed by atoms with Crippen molar-refractivity contribution in [2.75, 3.05) is 38.5 Å². The van der Waals surface area contributed by atoms with Crippen LogP contribution in [0.2, 0.25) is 0 Å². The fourth-order valence-electron chi connectivity index (χ4n) is 3.43. The summed E-state index contributed by atoms with van der Waals surface area (Å²) in [7, 11) is 2.11. The Bertz CT molecular complexity index is 564. The van der Waals surface area contributed by atoms with Crippen molar-refractivity contribution in [3.8, 4) is 0 Å². The summed E-state index contributed by atoms with van der Waals surface area (Å²) in [5.74, 6) is -0.165. The smallest absolute Gasteiger partial charge is 0.272 e. The summed E-state index contributed by atoms with van der Waals surface area (Å²) in [4.78, 5) is 31.8. The van der Waals surface area contributed by atoms with Gasteiger partial charge in [-0.15, -0.1) is 0 Å². The van der Waals surface area contributed by atoms with Gasteiger partial charge in [-0.3, -0.25) is 9.59 Å². The molecule has 112 valence electrons. The van der Waals surface area contributed by atoms with E-state index in [1.54, 1.807) is 12.1 Å². The SMILES string of the molecule is CC(=O)Nc1ccc(C(=O)N2CCC3(CN(C)C3)C2)nc1. The molecule has 0 unspecified atom stereocenters. The molecule has 0 radical (unpaired) electrons. The van der Waals surface area contributed by atoms with Gasteiger partial charge in [-0.05, 0) is 25.6 Å². The van der Waals surface area contributed by atoms with E-state index in [9.17, 15) is 9.59 Å². The second-order valence-electron chi connectivity index (χ2n) is 6.26. The maximum atomic E-state index is 12.5. The number of nitrogens with one attached hydrogen (secondary N) is 1. The summed E-state index contributed by atoms with van der Waals surface area (Å²) in [6, 6.07) is 3.39. The van der Waals surface area contributed by atoms with Gasteiger partial charge in [-0.1, -0.05) is 0 Å². The van der Waals surface area contributed by atoms with Gasteiger partial charge >= 0.3 is 0 Å². The number of rotatable bonds is 2. The minimum absolute atomic E-state index is 0.0178. The highest BCUT2D eigenvalue weighted by molar-refractivity contribution is 5.93. The quantitative estimate of drug-likeness (QED) is 0.875. The van der Waals surface area contributed by atoms with Crippen molar-refractivity contribution >= 4 is 17.5 Å². The first-order chi connectivity index (χ1) is 9.97. The summed E-state index contributed by atoms with van der Waals surface area (Å²) < 4.78 is 0. The zero-order chi connectivity index (χ0) is 15.0. The lowest BCUT2D eigenvalue weighted by Gasteiger charge is -2.46. The van der Waals surface area contributed by atoms with Crippen LogP contribution >= 0.6 is 0 Å². The Balaban J connectivity index is 1.64. The zero-order valence-electron chi connectivity index (χ0n) is 12.4. The predicted octanol–water partition coefficient (Wildman–Crippen LogP) is 0.818. The van der Waals surface area contributed by atoms with Gasteiger partial charge in [0.15, 0.2) is 0 Å². The minimum Gasteiger partial charge on any atom is -0.337 e. The summed E-state index contributed by atoms with van der Waals surface area (Å²) in [5, 5.41) is 2.64. The number of hydrogen-bond donors (Lipinski definition) is 1. The first-order valence-electron chi connectivity index (χ1n) is 7.19. The number of nitrogens with zero attached hydrogens (tertiary/aromatic N) is 3. The molecule has 2 aliphatic heterocycles. The van der Waals surface area contributed by atoms with E-state index < -0.39 is 0 Å². The maximum absolute atomic E-state index is 12.5. The summed E-state index contributed by atoms with van der Waals surface area (Å²) in [6.07, 6.45) is 2.60. The monoisotopic (exact) mass is 288 g/mol. The first kappa shape index (κ1) is 14.0. The molecule has 0 saturated carbocycles. The highest BCUT2D eigenvalue weighted by Gasteiger charge is 2.47. The molecule has 2 aliphatic rings. The van der Waals surface area contributed by atoms with Crippen LogP contribution in [0, 0.1) is 5.41 Å². The Morgan fingerprint density at radius 1 is 1.29 bits per heavy atom. The Labute approximate surface area is 124 Å². The van der Waals surface area contributed by atoms with E-state index in [2.05, 4.69) is 22.2 Å². The van der Waals surface area contributed by atoms with Gasteiger partial charge in [-0.2, -0.15) is 0 Å². The molecule has 6 nitrogen and oxygen atoms in total. The first-order valence-corrected chi connectivity index (χ1v) is 7.19. The summed E-state index contributed by atoms with van der Waals surface area (Å²) >= 11 is 0. The number of anilines is 1. The molecule has 1 spiro atoms. The topological polar surface area (TPSA) is 65.5 Å². The number of carbonyl (C=O) groups is 2. The molecule has 3 rings (SSSR count). The maximum Gasteiger partial charge on any atom is 0.272 e. The Kier molecular flexibility index (Phi) is 3.41. The standard InChI is InChI=1S/C15H20N4O2/c1-11(20)17-12-3-4-13(16-7-12)14(21)19-6-5-15(10-19)8-18(2)9-15/h3-4,7H,5-6,8-10H2,1-2H3,(H,17,20). The lowest BCUT2D eigenvalue weighted by molar-refractivity contribution is -0.114. The second-order valence-corrected chi connectivity index (χ2v) is 6.26. The number of pyridine rings is 1. The van der Waals surface area contributed by atoms with Crippen molar-refractivity contribution in [2.24, 2.45) is 5.41 Å². The largest absolute Gasteiger partial charge is 0.337 e. The van der Waals surface area contributed by atoms with Gasteiger partial charge < -0.3 is 15.1 Å². The van der Waals surface area contributed by atoms with E-state index in [0.29, 0.717) is 16.8 Å². The van der Waals surface area contributed by atoms with Crippen molar-refractivity contribution in [3.05, 3.63) is 24.0 Å². The molecule has 1 aromatic heterocycles. The highest BCUT2D eigenvalue weighted by atomic mass is 16.2. The Hall–Kier alpha value is -1.95. The molecule has 1 aromatic rings. The fraction of sp³-hybridized carbons (Fsp3) is 0.533. The van der Waals surface area contributed by atoms with Gasteiger partial charge in [-0.25, -0.2) is 4.98 Å². The average molecular weight is 288 g/mol. The van der Waals surface area contributed by atoms with Crippen LogP contribution in [0.4, 0.5) is 5.69 Å². The number of carbonyl (C=O) groups excluding carboxylic acids is 2. The van der Waals surface area contributed by atoms with Crippen LogP contribution in [-0.2, 0) is 4.79 Å². The molecule has 21 heavy (non-hydrogen) atoms. The van der Waals surface area contributed by atoms with Crippen LogP contribution < -0.4 is 5.32 Å². The van der Waals surface area contributed by atoms with Crippen LogP contribution in [0.5, 0.6) is 0 Å². The molecule has 6 heteroatoms. The van der Waals surface area contributed by atoms with Crippen LogP contribution in [0.25, 0.3) is 0 Å². The molecule has 0 aromatic carbocycles. The number of likely N-dealkylation sites (tertiary alicyclic amines) is 2. The van der Waals surface area contributed by atoms with Crippen LogP contribution in [0.1, 0.15) is 23.8 Å². The third kappa shape index (κ3) is 2.76. The molecule has 2 amide bonds. The highest BCUT2D eigenvalue weighted by Crippen LogP contribution is 2.38. The normalized spacial score (nSPS) is 20.4. The lowest BCUT2D eigenvalue weighted by atomic mass is 9.79. The van der Waals surface area contributed by atoms with Gasteiger partial charge in [0.05, 0.1) is 11.9 Å². The number of aromatic nitrogens is 1. The van der Waals surface area contributed by atoms with Gasteiger partial charge in [0.1, 0.15) is 5.69 Å². The van der Waals surface area contributed by atoms with Crippen molar-refractivity contribution in [2.45, 2.75) is 13.3 Å². The van der Waals surface area contributed by atoms with Gasteiger partial charge in [0, 0.05) is 38.5 Å². The van der Waals surface area contributed by atoms with Crippen LogP contribution in [0.15, 0.2) is 18.3 Å². The Morgan fingerprint density at radius 3 is 2.62 bits per heavy atom. The molecular formula is C15H20N4O2. The van der Waals surface area contributed by atoms with Crippen LogP contribution in [-0.4, -0.2) is 59.8 Å². The number of amides is 2. The minimum atomic E-state index is -0.147. The molecule has 0 atom stereocenters. The summed E-state index contributed by atoms with van der Waals surface area (Å²) in [6.45, 7) is 5.23. The van der Waals surface area contributed by atoms with Crippen molar-refractivity contribution < 1.29 is 9.59 Å². The Morgan fingerprint density at radius 2 is 2.05 bits per heavy atom. The molecule has 2 saturated heterocycles. The molecule has 0 bridgehead atoms. The van der Waals surface area contributed by atoms with Crippen LogP contribution in [0.3, 0.4) is 0 Å². The van der Waals surface area contributed by atoms with Crippen molar-refractivity contribution in [1.82, 2.24) is 14.8 Å². The molecule has 0 aliphatic carbocycles. The third-order valence-corrected chi connectivity index (χ3v) is 4.24. The molecule has 1 N–H and O–H groups in total. The van der Waals surface area contributed by atoms with Crippen molar-refractivity contribution in [3.63, 3.8) is 0 Å². The lowest BCUT2D eigenvalue weighted by Crippen LogP contribution is -2.55. The van der Waals surface area contributed by atoms with E-state index in [1.807, 2.05) is 4.90 Å². The van der Waals surface area contributed by atoms with E-state index in [1.165, 1.54) is 13.1 Å². The molecular weight excluding hydrogens is 268 g/mol. The van der Waals surface area contributed by atoms with Crippen molar-refractivity contribution in [1.29, 1.82) is 0 Å². The predicted molar refractivity (Wildman–Crippen MR) is 79.0 cm³/mol. The zero-order valence-corrected chi connectivity index (χ0v) is 12.4. The average Bonchev–Trinajstić information content (AvgIpc) is 2.83. The van der Waals surface area contributed by atoms with E-state index in [0.717, 1.165) is 32.6 Å². The second kappa shape index (κ2) is 5.11. The molecule has 2 fully saturated rings.